The Morgan fingerprint density at radius 2 is 2.20 bits per heavy atom. The van der Waals surface area contributed by atoms with E-state index in [9.17, 15) is 4.79 Å². The van der Waals surface area contributed by atoms with Crippen molar-refractivity contribution in [2.24, 2.45) is 0 Å². The molecule has 3 aromatic rings. The van der Waals surface area contributed by atoms with Crippen molar-refractivity contribution in [1.29, 1.82) is 0 Å². The first-order valence-corrected chi connectivity index (χ1v) is 6.40. The van der Waals surface area contributed by atoms with E-state index in [0.29, 0.717) is 11.6 Å². The molecule has 1 saturated carbocycles. The maximum Gasteiger partial charge on any atom is 0.353 e. The van der Waals surface area contributed by atoms with Crippen LogP contribution in [0.5, 0.6) is 0 Å². The summed E-state index contributed by atoms with van der Waals surface area (Å²) in [4.78, 5) is 15.3. The molecule has 6 heteroatoms. The van der Waals surface area contributed by atoms with Gasteiger partial charge in [-0.25, -0.2) is 9.78 Å². The highest BCUT2D eigenvalue weighted by Gasteiger charge is 2.28. The Bertz CT molecular complexity index is 814. The van der Waals surface area contributed by atoms with E-state index >= 15 is 0 Å². The van der Waals surface area contributed by atoms with Gasteiger partial charge in [-0.1, -0.05) is 0 Å². The smallest absolute Gasteiger partial charge is 0.353 e. The molecule has 6 nitrogen and oxygen atoms in total. The van der Waals surface area contributed by atoms with Crippen molar-refractivity contribution in [3.8, 4) is 11.3 Å². The Kier molecular flexibility index (Phi) is 2.20. The molecule has 0 radical (unpaired) electrons. The van der Waals surface area contributed by atoms with Crippen LogP contribution >= 0.6 is 0 Å². The fraction of sp³-hybridized carbons (Fsp3) is 0.214. The van der Waals surface area contributed by atoms with Gasteiger partial charge >= 0.3 is 5.97 Å². The first-order valence-electron chi connectivity index (χ1n) is 6.40. The van der Waals surface area contributed by atoms with Gasteiger partial charge in [0, 0.05) is 11.5 Å². The zero-order valence-electron chi connectivity index (χ0n) is 10.5. The van der Waals surface area contributed by atoms with Crippen molar-refractivity contribution >= 4 is 17.1 Å². The number of rotatable bonds is 3. The third kappa shape index (κ3) is 1.77. The largest absolute Gasteiger partial charge is 0.477 e. The number of aromatic nitrogens is 3. The first kappa shape index (κ1) is 11.2. The van der Waals surface area contributed by atoms with Gasteiger partial charge in [-0.05, 0) is 37.1 Å². The monoisotopic (exact) mass is 269 g/mol. The Labute approximate surface area is 113 Å². The number of H-pyrrole nitrogens is 1. The van der Waals surface area contributed by atoms with Gasteiger partial charge in [-0.15, -0.1) is 0 Å². The van der Waals surface area contributed by atoms with Gasteiger partial charge in [0.25, 0.3) is 0 Å². The molecule has 1 aliphatic rings. The summed E-state index contributed by atoms with van der Waals surface area (Å²) in [6, 6.07) is 7.07. The van der Waals surface area contributed by atoms with Crippen LogP contribution in [-0.4, -0.2) is 26.3 Å². The molecule has 2 N–H and O–H groups in total. The molecular formula is C14H11N3O3. The zero-order valence-corrected chi connectivity index (χ0v) is 10.5. The lowest BCUT2D eigenvalue weighted by Crippen LogP contribution is -1.95. The Morgan fingerprint density at radius 1 is 1.35 bits per heavy atom. The minimum Gasteiger partial charge on any atom is -0.477 e. The Morgan fingerprint density at radius 3 is 2.90 bits per heavy atom. The van der Waals surface area contributed by atoms with Crippen LogP contribution in [-0.2, 0) is 0 Å². The second-order valence-corrected chi connectivity index (χ2v) is 4.98. The van der Waals surface area contributed by atoms with E-state index in [1.807, 2.05) is 18.2 Å². The second-order valence-electron chi connectivity index (χ2n) is 4.98. The van der Waals surface area contributed by atoms with Crippen LogP contribution in [0.1, 0.15) is 35.1 Å². The van der Waals surface area contributed by atoms with Crippen molar-refractivity contribution in [3.63, 3.8) is 0 Å². The molecule has 20 heavy (non-hydrogen) atoms. The van der Waals surface area contributed by atoms with Gasteiger partial charge in [-0.3, -0.25) is 5.10 Å². The average Bonchev–Trinajstić information content (AvgIpc) is 3.02. The Balaban J connectivity index is 1.76. The number of aromatic carboxylic acids is 1. The molecule has 0 saturated heterocycles. The highest BCUT2D eigenvalue weighted by molar-refractivity contribution is 5.87. The number of carbonyl (C=O) groups is 1. The molecule has 0 unspecified atom stereocenters. The van der Waals surface area contributed by atoms with E-state index in [0.717, 1.165) is 35.4 Å². The van der Waals surface area contributed by atoms with Crippen molar-refractivity contribution in [3.05, 3.63) is 35.9 Å². The molecule has 1 aromatic carbocycles. The molecule has 0 spiro atoms. The molecule has 1 aliphatic carbocycles. The van der Waals surface area contributed by atoms with Crippen LogP contribution in [0.25, 0.3) is 22.4 Å². The lowest BCUT2D eigenvalue weighted by Gasteiger charge is -1.94. The second kappa shape index (κ2) is 3.93. The van der Waals surface area contributed by atoms with E-state index in [-0.39, 0.29) is 5.69 Å². The standard InChI is InChI=1S/C14H11N3O3/c18-14(19)11-6-9(16-17-11)8-3-4-12-10(5-8)15-13(20-12)7-1-2-7/h3-7H,1-2H2,(H,16,17)(H,18,19). The number of nitrogens with zero attached hydrogens (tertiary/aromatic N) is 2. The predicted molar refractivity (Wildman–Crippen MR) is 70.5 cm³/mol. The summed E-state index contributed by atoms with van der Waals surface area (Å²) in [5.41, 5.74) is 3.00. The fourth-order valence-corrected chi connectivity index (χ4v) is 2.19. The number of nitrogens with one attached hydrogen (secondary N) is 1. The normalized spacial score (nSPS) is 14.8. The lowest BCUT2D eigenvalue weighted by atomic mass is 10.1. The average molecular weight is 269 g/mol. The van der Waals surface area contributed by atoms with Crippen LogP contribution < -0.4 is 0 Å². The van der Waals surface area contributed by atoms with Gasteiger partial charge in [0.2, 0.25) is 0 Å². The summed E-state index contributed by atoms with van der Waals surface area (Å²) in [7, 11) is 0. The summed E-state index contributed by atoms with van der Waals surface area (Å²) in [6.45, 7) is 0. The molecule has 2 aromatic heterocycles. The molecule has 0 aliphatic heterocycles. The van der Waals surface area contributed by atoms with E-state index in [2.05, 4.69) is 15.2 Å². The number of fused-ring (bicyclic) bond motifs is 1. The maximum absolute atomic E-state index is 10.8. The SMILES string of the molecule is O=C(O)c1cc(-c2ccc3oc(C4CC4)nc3c2)n[nH]1. The molecule has 0 amide bonds. The zero-order chi connectivity index (χ0) is 13.7. The van der Waals surface area contributed by atoms with E-state index < -0.39 is 5.97 Å². The highest BCUT2D eigenvalue weighted by Crippen LogP contribution is 2.40. The molecule has 0 atom stereocenters. The summed E-state index contributed by atoms with van der Waals surface area (Å²) >= 11 is 0. The number of hydrogen-bond donors (Lipinski definition) is 2. The summed E-state index contributed by atoms with van der Waals surface area (Å²) in [5, 5.41) is 15.4. The number of oxazole rings is 1. The fourth-order valence-electron chi connectivity index (χ4n) is 2.19. The number of carboxylic acids is 1. The molecule has 100 valence electrons. The molecular weight excluding hydrogens is 258 g/mol. The van der Waals surface area contributed by atoms with E-state index in [1.165, 1.54) is 6.07 Å². The van der Waals surface area contributed by atoms with Gasteiger partial charge in [0.1, 0.15) is 11.2 Å². The molecule has 4 rings (SSSR count). The summed E-state index contributed by atoms with van der Waals surface area (Å²) in [5.74, 6) is 0.238. The van der Waals surface area contributed by atoms with Gasteiger partial charge in [0.15, 0.2) is 11.5 Å². The first-order chi connectivity index (χ1) is 9.70. The summed E-state index contributed by atoms with van der Waals surface area (Å²) < 4.78 is 5.69. The topological polar surface area (TPSA) is 92.0 Å². The van der Waals surface area contributed by atoms with Crippen molar-refractivity contribution in [1.82, 2.24) is 15.2 Å². The Hall–Kier alpha value is -2.63. The molecule has 0 bridgehead atoms. The highest BCUT2D eigenvalue weighted by atomic mass is 16.4. The van der Waals surface area contributed by atoms with Crippen LogP contribution in [0.2, 0.25) is 0 Å². The minimum atomic E-state index is -1.03. The molecule has 2 heterocycles. The van der Waals surface area contributed by atoms with Crippen molar-refractivity contribution < 1.29 is 14.3 Å². The van der Waals surface area contributed by atoms with Gasteiger partial charge < -0.3 is 9.52 Å². The van der Waals surface area contributed by atoms with Gasteiger partial charge in [0.05, 0.1) is 5.69 Å². The van der Waals surface area contributed by atoms with Crippen LogP contribution in [0.15, 0.2) is 28.7 Å². The number of benzene rings is 1. The van der Waals surface area contributed by atoms with Crippen molar-refractivity contribution in [2.45, 2.75) is 18.8 Å². The third-order valence-corrected chi connectivity index (χ3v) is 3.43. The van der Waals surface area contributed by atoms with Crippen molar-refractivity contribution in [2.75, 3.05) is 0 Å². The maximum atomic E-state index is 10.8. The predicted octanol–water partition coefficient (Wildman–Crippen LogP) is 2.79. The van der Waals surface area contributed by atoms with E-state index in [4.69, 9.17) is 9.52 Å². The van der Waals surface area contributed by atoms with E-state index in [1.54, 1.807) is 0 Å². The summed E-state index contributed by atoms with van der Waals surface area (Å²) in [6.07, 6.45) is 2.28. The third-order valence-electron chi connectivity index (χ3n) is 3.43. The number of aromatic amines is 1. The molecule has 1 fully saturated rings. The number of hydrogen-bond acceptors (Lipinski definition) is 4. The van der Waals surface area contributed by atoms with Crippen LogP contribution in [0.3, 0.4) is 0 Å². The van der Waals surface area contributed by atoms with Crippen LogP contribution in [0, 0.1) is 0 Å². The minimum absolute atomic E-state index is 0.0684. The lowest BCUT2D eigenvalue weighted by molar-refractivity contribution is 0.0690. The quantitative estimate of drug-likeness (QED) is 0.762. The van der Waals surface area contributed by atoms with Gasteiger partial charge in [-0.2, -0.15) is 5.10 Å². The number of carboxylic acid groups (broad SMARTS) is 1. The van der Waals surface area contributed by atoms with Crippen LogP contribution in [0.4, 0.5) is 0 Å².